The van der Waals surface area contributed by atoms with Gasteiger partial charge in [-0.2, -0.15) is 0 Å². The average Bonchev–Trinajstić information content (AvgIpc) is 3.50. The fourth-order valence-electron chi connectivity index (χ4n) is 9.71. The van der Waals surface area contributed by atoms with Crippen molar-refractivity contribution in [2.24, 2.45) is 0 Å². The molecule has 1 aromatic heterocycles. The molecular formula is C53H61BN2O. The third-order valence-corrected chi connectivity index (χ3v) is 13.5. The van der Waals surface area contributed by atoms with Gasteiger partial charge in [0.1, 0.15) is 5.58 Å². The SMILES string of the molecule is [2H]c1cc(C(C)(C)C)cc([2H])c1N1c2cc(C)cc3c2B(c2cc(C(C)(C)C)ccc2N3c2ccc(C(C)(C)C)cc2)c2oc3cc4c(cc3c21)C(C)(C)CCC4(C)C. The van der Waals surface area contributed by atoms with Gasteiger partial charge in [-0.05, 0) is 146 Å². The van der Waals surface area contributed by atoms with Crippen LogP contribution in [0, 0.1) is 6.92 Å². The molecule has 2 aliphatic heterocycles. The molecule has 3 aliphatic rings. The zero-order chi connectivity index (χ0) is 42.5. The van der Waals surface area contributed by atoms with E-state index in [4.69, 9.17) is 4.42 Å². The van der Waals surface area contributed by atoms with Crippen LogP contribution in [0.5, 0.6) is 0 Å². The van der Waals surface area contributed by atoms with E-state index in [0.29, 0.717) is 17.8 Å². The van der Waals surface area contributed by atoms with Gasteiger partial charge < -0.3 is 14.2 Å². The van der Waals surface area contributed by atoms with Crippen molar-refractivity contribution in [1.82, 2.24) is 0 Å². The lowest BCUT2D eigenvalue weighted by Crippen LogP contribution is -2.61. The van der Waals surface area contributed by atoms with E-state index in [9.17, 15) is 2.74 Å². The highest BCUT2D eigenvalue weighted by molar-refractivity contribution is 7.00. The van der Waals surface area contributed by atoms with Gasteiger partial charge in [0, 0.05) is 33.8 Å². The maximum absolute atomic E-state index is 9.75. The van der Waals surface area contributed by atoms with Gasteiger partial charge in [0.05, 0.1) is 14.1 Å². The summed E-state index contributed by atoms with van der Waals surface area (Å²) in [5.41, 5.74) is 17.1. The zero-order valence-electron chi connectivity index (χ0n) is 38.8. The Labute approximate surface area is 345 Å². The Hall–Kier alpha value is -4.70. The molecule has 292 valence electrons. The number of aryl methyl sites for hydroxylation is 1. The Morgan fingerprint density at radius 1 is 0.596 bits per heavy atom. The molecule has 0 atom stereocenters. The van der Waals surface area contributed by atoms with Gasteiger partial charge in [0.25, 0.3) is 6.71 Å². The van der Waals surface area contributed by atoms with Crippen molar-refractivity contribution >= 4 is 68.4 Å². The Morgan fingerprint density at radius 2 is 1.12 bits per heavy atom. The van der Waals surface area contributed by atoms with E-state index in [2.05, 4.69) is 173 Å². The van der Waals surface area contributed by atoms with Crippen LogP contribution < -0.4 is 26.4 Å². The summed E-state index contributed by atoms with van der Waals surface area (Å²) in [6.07, 6.45) is 2.22. The molecular weight excluding hydrogens is 691 g/mol. The molecule has 0 amide bonds. The summed E-state index contributed by atoms with van der Waals surface area (Å²) >= 11 is 0. The average molecular weight is 755 g/mol. The van der Waals surface area contributed by atoms with E-state index in [1.165, 1.54) is 27.7 Å². The third-order valence-electron chi connectivity index (χ3n) is 13.5. The first-order chi connectivity index (χ1) is 27.4. The molecule has 0 N–H and O–H groups in total. The van der Waals surface area contributed by atoms with Gasteiger partial charge in [0.2, 0.25) is 0 Å². The van der Waals surface area contributed by atoms with E-state index in [0.717, 1.165) is 74.5 Å². The second-order valence-electron chi connectivity index (χ2n) is 21.7. The maximum Gasteiger partial charge on any atom is 0.297 e. The van der Waals surface area contributed by atoms with Gasteiger partial charge in [-0.15, -0.1) is 0 Å². The van der Waals surface area contributed by atoms with Crippen molar-refractivity contribution in [3.8, 4) is 0 Å². The minimum absolute atomic E-state index is 0.00679. The molecule has 0 bridgehead atoms. The lowest BCUT2D eigenvalue weighted by molar-refractivity contribution is 0.332. The second kappa shape index (κ2) is 12.2. The van der Waals surface area contributed by atoms with Gasteiger partial charge >= 0.3 is 0 Å². The summed E-state index contributed by atoms with van der Waals surface area (Å²) in [7, 11) is 0. The lowest BCUT2D eigenvalue weighted by atomic mass is 9.35. The smallest absolute Gasteiger partial charge is 0.297 e. The summed E-state index contributed by atoms with van der Waals surface area (Å²) in [5.74, 6) is 0. The largest absolute Gasteiger partial charge is 0.468 e. The lowest BCUT2D eigenvalue weighted by Gasteiger charge is -2.43. The highest BCUT2D eigenvalue weighted by Gasteiger charge is 2.48. The molecule has 3 heterocycles. The summed E-state index contributed by atoms with van der Waals surface area (Å²) in [5, 5.41) is 1.05. The number of furan rings is 1. The number of hydrogen-bond acceptors (Lipinski definition) is 3. The van der Waals surface area contributed by atoms with E-state index in [1.807, 2.05) is 12.1 Å². The van der Waals surface area contributed by atoms with Crippen LogP contribution in [0.3, 0.4) is 0 Å². The van der Waals surface area contributed by atoms with Crippen molar-refractivity contribution in [2.45, 2.75) is 137 Å². The molecule has 5 aromatic carbocycles. The Bertz CT molecular complexity index is 2690. The van der Waals surface area contributed by atoms with Crippen molar-refractivity contribution in [3.63, 3.8) is 0 Å². The van der Waals surface area contributed by atoms with Crippen LogP contribution in [-0.4, -0.2) is 6.71 Å². The molecule has 1 aliphatic carbocycles. The van der Waals surface area contributed by atoms with Gasteiger partial charge in [-0.25, -0.2) is 0 Å². The summed E-state index contributed by atoms with van der Waals surface area (Å²) in [4.78, 5) is 4.69. The highest BCUT2D eigenvalue weighted by Crippen LogP contribution is 2.52. The standard InChI is InChI=1S/C53H61BN2O/c1-32-27-43-46-44(28-32)56(37-22-17-34(18-23-37)50(5,6)7)47-38-30-39-40(53(13,14)26-25-52(39,11)12)31-45(38)57-48(47)54(46)41-29-35(51(8,9)10)19-24-42(41)55(43)36-20-15-33(16-21-36)49(2,3)4/h15-24,27-31H,25-26H2,1-14H3/i22D,23D. The topological polar surface area (TPSA) is 19.6 Å². The number of anilines is 6. The first kappa shape index (κ1) is 35.5. The zero-order valence-corrected chi connectivity index (χ0v) is 36.8. The van der Waals surface area contributed by atoms with E-state index >= 15 is 0 Å². The molecule has 0 saturated carbocycles. The van der Waals surface area contributed by atoms with E-state index in [1.54, 1.807) is 0 Å². The number of benzene rings is 5. The number of hydrogen-bond donors (Lipinski definition) is 0. The fraction of sp³-hybridized carbons (Fsp3) is 0.396. The molecule has 4 heteroatoms. The Morgan fingerprint density at radius 3 is 1.70 bits per heavy atom. The van der Waals surface area contributed by atoms with Crippen LogP contribution >= 0.6 is 0 Å². The van der Waals surface area contributed by atoms with E-state index < -0.39 is 0 Å². The first-order valence-corrected chi connectivity index (χ1v) is 21.1. The molecule has 9 rings (SSSR count). The summed E-state index contributed by atoms with van der Waals surface area (Å²) in [6.45, 7) is 31.6. The van der Waals surface area contributed by atoms with Crippen LogP contribution in [0.4, 0.5) is 34.1 Å². The normalized spacial score (nSPS) is 17.5. The molecule has 3 nitrogen and oxygen atoms in total. The third kappa shape index (κ3) is 5.91. The maximum atomic E-state index is 9.75. The van der Waals surface area contributed by atoms with Crippen LogP contribution in [0.15, 0.2) is 95.4 Å². The molecule has 0 fully saturated rings. The fourth-order valence-corrected chi connectivity index (χ4v) is 9.71. The Kier molecular flexibility index (Phi) is 7.57. The molecule has 0 spiro atoms. The quantitative estimate of drug-likeness (QED) is 0.164. The number of rotatable bonds is 2. The number of nitrogens with zero attached hydrogens (tertiary/aromatic N) is 2. The molecule has 6 aromatic rings. The summed E-state index contributed by atoms with van der Waals surface area (Å²) in [6, 6.07) is 30.2. The van der Waals surface area contributed by atoms with Crippen LogP contribution in [0.1, 0.15) is 139 Å². The van der Waals surface area contributed by atoms with Crippen LogP contribution in [-0.2, 0) is 27.1 Å². The summed E-state index contributed by atoms with van der Waals surface area (Å²) < 4.78 is 26.9. The van der Waals surface area contributed by atoms with Gasteiger partial charge in [-0.3, -0.25) is 0 Å². The van der Waals surface area contributed by atoms with Crippen molar-refractivity contribution in [3.05, 3.63) is 124 Å². The second-order valence-corrected chi connectivity index (χ2v) is 21.7. The minimum atomic E-state index is -0.211. The molecule has 0 radical (unpaired) electrons. The van der Waals surface area contributed by atoms with E-state index in [-0.39, 0.29) is 33.8 Å². The predicted molar refractivity (Wildman–Crippen MR) is 246 cm³/mol. The molecule has 0 unspecified atom stereocenters. The Balaban J connectivity index is 1.42. The van der Waals surface area contributed by atoms with Crippen LogP contribution in [0.25, 0.3) is 11.0 Å². The predicted octanol–water partition coefficient (Wildman–Crippen LogP) is 13.1. The monoisotopic (exact) mass is 755 g/mol. The van der Waals surface area contributed by atoms with Gasteiger partial charge in [-0.1, -0.05) is 126 Å². The van der Waals surface area contributed by atoms with Crippen LogP contribution in [0.2, 0.25) is 0 Å². The van der Waals surface area contributed by atoms with Crippen molar-refractivity contribution in [1.29, 1.82) is 0 Å². The van der Waals surface area contributed by atoms with Crippen molar-refractivity contribution in [2.75, 3.05) is 9.80 Å². The molecule has 57 heavy (non-hydrogen) atoms. The van der Waals surface area contributed by atoms with Crippen molar-refractivity contribution < 1.29 is 7.16 Å². The first-order valence-electron chi connectivity index (χ1n) is 22.1. The minimum Gasteiger partial charge on any atom is -0.468 e. The number of fused-ring (bicyclic) bond motifs is 7. The van der Waals surface area contributed by atoms with Gasteiger partial charge in [0.15, 0.2) is 0 Å². The highest BCUT2D eigenvalue weighted by atomic mass is 16.3. The molecule has 0 saturated heterocycles.